The van der Waals surface area contributed by atoms with E-state index in [1.165, 1.54) is 4.90 Å². The van der Waals surface area contributed by atoms with Crippen molar-refractivity contribution < 1.29 is 23.9 Å². The Morgan fingerprint density at radius 3 is 2.00 bits per heavy atom. The van der Waals surface area contributed by atoms with Crippen LogP contribution in [0.2, 0.25) is 0 Å². The fourth-order valence-electron chi connectivity index (χ4n) is 3.12. The summed E-state index contributed by atoms with van der Waals surface area (Å²) in [5.74, 6) is -0.385. The smallest absolute Gasteiger partial charge is 0.410 e. The Labute approximate surface area is 197 Å². The van der Waals surface area contributed by atoms with Gasteiger partial charge in [0.25, 0.3) is 0 Å². The molecule has 0 radical (unpaired) electrons. The van der Waals surface area contributed by atoms with Crippen LogP contribution in [0.1, 0.15) is 57.8 Å². The van der Waals surface area contributed by atoms with E-state index in [2.05, 4.69) is 5.32 Å². The molecule has 33 heavy (non-hydrogen) atoms. The number of hydrogen-bond donors (Lipinski definition) is 6. The molecule has 0 aromatic carbocycles. The first kappa shape index (κ1) is 30.9. The summed E-state index contributed by atoms with van der Waals surface area (Å²) >= 11 is 0. The van der Waals surface area contributed by atoms with Gasteiger partial charge in [-0.05, 0) is 58.2 Å². The normalized spacial score (nSPS) is 12.6. The second-order valence-electron chi connectivity index (χ2n) is 8.07. The van der Waals surface area contributed by atoms with Crippen LogP contribution in [0.4, 0.5) is 9.59 Å². The lowest BCUT2D eigenvalue weighted by Gasteiger charge is -2.24. The molecule has 0 spiro atoms. The highest BCUT2D eigenvalue weighted by molar-refractivity contribution is 5.82. The molecule has 11 N–H and O–H groups in total. The molecule has 0 aliphatic rings. The third-order valence-corrected chi connectivity index (χ3v) is 4.97. The van der Waals surface area contributed by atoms with Gasteiger partial charge in [0.15, 0.2) is 0 Å². The van der Waals surface area contributed by atoms with Gasteiger partial charge in [-0.25, -0.2) is 9.59 Å². The highest BCUT2D eigenvalue weighted by Crippen LogP contribution is 2.05. The zero-order valence-electron chi connectivity index (χ0n) is 19.8. The van der Waals surface area contributed by atoms with Crippen LogP contribution in [-0.4, -0.2) is 81.0 Å². The van der Waals surface area contributed by atoms with Gasteiger partial charge >= 0.3 is 12.2 Å². The van der Waals surface area contributed by atoms with Crippen molar-refractivity contribution >= 4 is 18.1 Å². The predicted molar refractivity (Wildman–Crippen MR) is 127 cm³/mol. The van der Waals surface area contributed by atoms with Crippen molar-refractivity contribution in [3.8, 4) is 0 Å². The minimum atomic E-state index is -0.916. The van der Waals surface area contributed by atoms with Gasteiger partial charge in [-0.15, -0.1) is 0 Å². The summed E-state index contributed by atoms with van der Waals surface area (Å²) in [6.07, 6.45) is 5.34. The average molecular weight is 476 g/mol. The van der Waals surface area contributed by atoms with Crippen molar-refractivity contribution in [3.05, 3.63) is 0 Å². The molecule has 0 fully saturated rings. The molecule has 0 bridgehead atoms. The first-order valence-electron chi connectivity index (χ1n) is 11.8. The van der Waals surface area contributed by atoms with Crippen LogP contribution < -0.4 is 34.0 Å². The SMILES string of the molecule is NCCCCCN(CC(=O)N[C@H](CCCCN)COC(N)=O)C(=O)OC[C@H](N)CCCCN. The fraction of sp³-hybridized carbons (Fsp3) is 0.857. The monoisotopic (exact) mass is 475 g/mol. The Kier molecular flexibility index (Phi) is 19.1. The van der Waals surface area contributed by atoms with Crippen LogP contribution >= 0.6 is 0 Å². The topological polar surface area (TPSA) is 215 Å². The van der Waals surface area contributed by atoms with Gasteiger partial charge in [-0.1, -0.05) is 19.3 Å². The lowest BCUT2D eigenvalue weighted by Crippen LogP contribution is -2.47. The number of carbonyl (C=O) groups excluding carboxylic acids is 3. The number of nitrogens with zero attached hydrogens (tertiary/aromatic N) is 1. The summed E-state index contributed by atoms with van der Waals surface area (Å²) in [6.45, 7) is 1.86. The molecule has 0 aromatic heterocycles. The maximum atomic E-state index is 12.6. The maximum absolute atomic E-state index is 12.6. The van der Waals surface area contributed by atoms with Crippen molar-refractivity contribution in [1.82, 2.24) is 10.2 Å². The number of ether oxygens (including phenoxy) is 2. The van der Waals surface area contributed by atoms with E-state index < -0.39 is 18.2 Å². The number of hydrogen-bond acceptors (Lipinski definition) is 9. The van der Waals surface area contributed by atoms with Gasteiger partial charge in [-0.2, -0.15) is 0 Å². The Bertz CT molecular complexity index is 539. The fourth-order valence-corrected chi connectivity index (χ4v) is 3.12. The summed E-state index contributed by atoms with van der Waals surface area (Å²) in [7, 11) is 0. The van der Waals surface area contributed by atoms with Gasteiger partial charge < -0.3 is 43.5 Å². The van der Waals surface area contributed by atoms with Gasteiger partial charge in [0.2, 0.25) is 5.91 Å². The van der Waals surface area contributed by atoms with E-state index >= 15 is 0 Å². The Balaban J connectivity index is 4.84. The number of primary amides is 1. The molecule has 0 unspecified atom stereocenters. The van der Waals surface area contributed by atoms with Crippen molar-refractivity contribution in [2.45, 2.75) is 69.9 Å². The molecule has 0 aliphatic heterocycles. The molecule has 194 valence electrons. The van der Waals surface area contributed by atoms with E-state index in [1.807, 2.05) is 0 Å². The summed E-state index contributed by atoms with van der Waals surface area (Å²) in [4.78, 5) is 37.5. The van der Waals surface area contributed by atoms with Gasteiger partial charge in [0, 0.05) is 12.6 Å². The van der Waals surface area contributed by atoms with Crippen molar-refractivity contribution in [2.75, 3.05) is 45.9 Å². The van der Waals surface area contributed by atoms with E-state index in [1.54, 1.807) is 0 Å². The highest BCUT2D eigenvalue weighted by Gasteiger charge is 2.21. The van der Waals surface area contributed by atoms with Crippen molar-refractivity contribution in [2.24, 2.45) is 28.7 Å². The molecule has 0 saturated carbocycles. The van der Waals surface area contributed by atoms with Crippen LogP contribution in [0.25, 0.3) is 0 Å². The van der Waals surface area contributed by atoms with Crippen LogP contribution in [0, 0.1) is 0 Å². The predicted octanol–water partition coefficient (Wildman–Crippen LogP) is -0.281. The zero-order chi connectivity index (χ0) is 24.9. The minimum Gasteiger partial charge on any atom is -0.448 e. The Morgan fingerprint density at radius 2 is 1.39 bits per heavy atom. The first-order chi connectivity index (χ1) is 15.8. The average Bonchev–Trinajstić information content (AvgIpc) is 2.78. The molecule has 0 heterocycles. The summed E-state index contributed by atoms with van der Waals surface area (Å²) < 4.78 is 10.2. The highest BCUT2D eigenvalue weighted by atomic mass is 16.6. The van der Waals surface area contributed by atoms with Gasteiger partial charge in [0.1, 0.15) is 19.8 Å². The molecule has 12 nitrogen and oxygen atoms in total. The van der Waals surface area contributed by atoms with E-state index in [0.717, 1.165) is 38.5 Å². The number of carbonyl (C=O) groups is 3. The van der Waals surface area contributed by atoms with E-state index in [9.17, 15) is 14.4 Å². The van der Waals surface area contributed by atoms with Crippen LogP contribution in [0.15, 0.2) is 0 Å². The molecule has 0 aliphatic carbocycles. The number of nitrogens with one attached hydrogen (secondary N) is 1. The van der Waals surface area contributed by atoms with Gasteiger partial charge in [0.05, 0.1) is 6.04 Å². The lowest BCUT2D eigenvalue weighted by atomic mass is 10.1. The van der Waals surface area contributed by atoms with E-state index in [-0.39, 0.29) is 31.7 Å². The van der Waals surface area contributed by atoms with Crippen LogP contribution in [-0.2, 0) is 14.3 Å². The summed E-state index contributed by atoms with van der Waals surface area (Å²) in [5, 5.41) is 2.80. The van der Waals surface area contributed by atoms with E-state index in [0.29, 0.717) is 45.4 Å². The van der Waals surface area contributed by atoms with E-state index in [4.69, 9.17) is 38.1 Å². The lowest BCUT2D eigenvalue weighted by molar-refractivity contribution is -0.123. The van der Waals surface area contributed by atoms with Crippen LogP contribution in [0.5, 0.6) is 0 Å². The molecule has 0 rings (SSSR count). The molecule has 0 saturated heterocycles. The molecule has 12 heteroatoms. The van der Waals surface area contributed by atoms with Gasteiger partial charge in [-0.3, -0.25) is 9.69 Å². The quantitative estimate of drug-likeness (QED) is 0.127. The molecule has 0 aromatic rings. The largest absolute Gasteiger partial charge is 0.448 e. The molecule has 2 atom stereocenters. The maximum Gasteiger partial charge on any atom is 0.410 e. The molecular weight excluding hydrogens is 430 g/mol. The van der Waals surface area contributed by atoms with Crippen molar-refractivity contribution in [3.63, 3.8) is 0 Å². The number of rotatable bonds is 20. The Morgan fingerprint density at radius 1 is 0.788 bits per heavy atom. The first-order valence-corrected chi connectivity index (χ1v) is 11.8. The summed E-state index contributed by atoms with van der Waals surface area (Å²) in [6, 6.07) is -0.714. The molecule has 3 amide bonds. The second-order valence-corrected chi connectivity index (χ2v) is 8.07. The minimum absolute atomic E-state index is 0.0513. The number of unbranched alkanes of at least 4 members (excludes halogenated alkanes) is 4. The van der Waals surface area contributed by atoms with Crippen LogP contribution in [0.3, 0.4) is 0 Å². The number of amides is 3. The Hall–Kier alpha value is -2.15. The molecular formula is C21H45N7O5. The zero-order valence-corrected chi connectivity index (χ0v) is 19.8. The third-order valence-electron chi connectivity index (χ3n) is 4.97. The third kappa shape index (κ3) is 18.0. The number of nitrogens with two attached hydrogens (primary N) is 5. The summed E-state index contributed by atoms with van der Waals surface area (Å²) in [5.41, 5.74) is 27.6. The second kappa shape index (κ2) is 20.5. The standard InChI is InChI=1S/C21H45N7O5/c22-10-4-1-7-13-28(21(31)33-15-17(25)8-2-5-11-23)14-19(29)27-18(9-3-6-12-24)16-32-20(26)30/h17-18H,1-16,22-25H2,(H2,26,30)(H,27,29)/t17-,18-/m1/s1. The van der Waals surface area contributed by atoms with Crippen molar-refractivity contribution in [1.29, 1.82) is 0 Å².